The maximum atomic E-state index is 10.2. The number of hydrogen-bond acceptors (Lipinski definition) is 3. The van der Waals surface area contributed by atoms with Gasteiger partial charge in [0.2, 0.25) is 0 Å². The van der Waals surface area contributed by atoms with Crippen LogP contribution in [0, 0.1) is 6.92 Å². The molecule has 1 aromatic rings. The Morgan fingerprint density at radius 1 is 1.14 bits per heavy atom. The quantitative estimate of drug-likeness (QED) is 0.757. The van der Waals surface area contributed by atoms with Crippen molar-refractivity contribution in [2.24, 2.45) is 0 Å². The van der Waals surface area contributed by atoms with Crippen molar-refractivity contribution in [1.29, 1.82) is 0 Å². The van der Waals surface area contributed by atoms with E-state index >= 15 is 0 Å². The maximum Gasteiger partial charge on any atom is 0.0900 e. The lowest BCUT2D eigenvalue weighted by atomic mass is 10.1. The number of rotatable bonds is 9. The lowest BCUT2D eigenvalue weighted by Gasteiger charge is -2.30. The Balaban J connectivity index is 2.61. The first-order chi connectivity index (χ1) is 9.92. The van der Waals surface area contributed by atoms with Crippen molar-refractivity contribution in [3.8, 4) is 0 Å². The second-order valence-corrected chi connectivity index (χ2v) is 6.21. The molecule has 0 aliphatic rings. The van der Waals surface area contributed by atoms with Gasteiger partial charge in [-0.25, -0.2) is 0 Å². The van der Waals surface area contributed by atoms with Crippen molar-refractivity contribution in [2.75, 3.05) is 13.2 Å². The fourth-order valence-corrected chi connectivity index (χ4v) is 2.21. The van der Waals surface area contributed by atoms with Gasteiger partial charge in [0.1, 0.15) is 0 Å². The van der Waals surface area contributed by atoms with Gasteiger partial charge in [0.15, 0.2) is 0 Å². The highest BCUT2D eigenvalue weighted by molar-refractivity contribution is 5.21. The Hall–Kier alpha value is -0.900. The number of hydrogen-bond donors (Lipinski definition) is 1. The van der Waals surface area contributed by atoms with Crippen molar-refractivity contribution in [3.63, 3.8) is 0 Å². The van der Waals surface area contributed by atoms with E-state index in [1.54, 1.807) is 0 Å². The van der Waals surface area contributed by atoms with Crippen LogP contribution < -0.4 is 0 Å². The van der Waals surface area contributed by atoms with Crippen LogP contribution in [0.2, 0.25) is 0 Å². The van der Waals surface area contributed by atoms with E-state index in [4.69, 9.17) is 4.74 Å². The third-order valence-electron chi connectivity index (χ3n) is 3.79. The van der Waals surface area contributed by atoms with Crippen LogP contribution >= 0.6 is 0 Å². The van der Waals surface area contributed by atoms with Crippen molar-refractivity contribution in [3.05, 3.63) is 35.4 Å². The smallest absolute Gasteiger partial charge is 0.0900 e. The summed E-state index contributed by atoms with van der Waals surface area (Å²) in [6.07, 6.45) is 0.796. The molecule has 0 saturated carbocycles. The zero-order chi connectivity index (χ0) is 15.8. The molecule has 21 heavy (non-hydrogen) atoms. The highest BCUT2D eigenvalue weighted by atomic mass is 16.5. The van der Waals surface area contributed by atoms with Gasteiger partial charge in [-0.15, -0.1) is 0 Å². The van der Waals surface area contributed by atoms with E-state index in [-0.39, 0.29) is 6.10 Å². The molecule has 1 aromatic carbocycles. The van der Waals surface area contributed by atoms with E-state index < -0.39 is 6.10 Å². The van der Waals surface area contributed by atoms with Crippen LogP contribution in [0.15, 0.2) is 24.3 Å². The van der Waals surface area contributed by atoms with Crippen LogP contribution in [0.25, 0.3) is 0 Å². The van der Waals surface area contributed by atoms with Crippen molar-refractivity contribution in [1.82, 2.24) is 4.90 Å². The van der Waals surface area contributed by atoms with Gasteiger partial charge in [-0.3, -0.25) is 4.90 Å². The standard InChI is InChI=1S/C18H31NO2/c1-6-16(5)19(12-18(20)13-21-14(2)3)11-17-9-7-15(4)8-10-17/h7-10,14,16,18,20H,6,11-13H2,1-5H3/t16-,18-/m1/s1. The molecule has 0 unspecified atom stereocenters. The first-order valence-corrected chi connectivity index (χ1v) is 8.01. The van der Waals surface area contributed by atoms with E-state index in [1.165, 1.54) is 11.1 Å². The summed E-state index contributed by atoms with van der Waals surface area (Å²) in [6, 6.07) is 9.06. The predicted molar refractivity (Wildman–Crippen MR) is 88.4 cm³/mol. The third kappa shape index (κ3) is 7.07. The SMILES string of the molecule is CC[C@@H](C)N(Cc1ccc(C)cc1)C[C@@H](O)COC(C)C. The van der Waals surface area contributed by atoms with E-state index in [0.29, 0.717) is 19.2 Å². The van der Waals surface area contributed by atoms with Crippen LogP contribution in [-0.2, 0) is 11.3 Å². The fraction of sp³-hybridized carbons (Fsp3) is 0.667. The molecule has 1 rings (SSSR count). The van der Waals surface area contributed by atoms with Crippen LogP contribution in [0.5, 0.6) is 0 Å². The van der Waals surface area contributed by atoms with Gasteiger partial charge in [-0.05, 0) is 39.7 Å². The molecular weight excluding hydrogens is 262 g/mol. The molecule has 0 amide bonds. The third-order valence-corrected chi connectivity index (χ3v) is 3.79. The summed E-state index contributed by atoms with van der Waals surface area (Å²) >= 11 is 0. The highest BCUT2D eigenvalue weighted by Crippen LogP contribution is 2.12. The van der Waals surface area contributed by atoms with E-state index in [1.807, 2.05) is 13.8 Å². The zero-order valence-corrected chi connectivity index (χ0v) is 14.2. The molecule has 1 N–H and O–H groups in total. The minimum Gasteiger partial charge on any atom is -0.389 e. The average molecular weight is 293 g/mol. The number of nitrogens with zero attached hydrogens (tertiary/aromatic N) is 1. The molecular formula is C18H31NO2. The molecule has 0 saturated heterocycles. The molecule has 3 nitrogen and oxygen atoms in total. The lowest BCUT2D eigenvalue weighted by molar-refractivity contribution is -0.0149. The summed E-state index contributed by atoms with van der Waals surface area (Å²) in [7, 11) is 0. The van der Waals surface area contributed by atoms with Gasteiger partial charge in [0, 0.05) is 19.1 Å². The van der Waals surface area contributed by atoms with Crippen molar-refractivity contribution in [2.45, 2.75) is 65.8 Å². The summed E-state index contributed by atoms with van der Waals surface area (Å²) in [5, 5.41) is 10.2. The molecule has 0 fully saturated rings. The Kier molecular flexibility index (Phi) is 7.94. The molecule has 0 spiro atoms. The molecule has 0 aliphatic carbocycles. The van der Waals surface area contributed by atoms with Gasteiger partial charge in [-0.2, -0.15) is 0 Å². The van der Waals surface area contributed by atoms with Crippen molar-refractivity contribution < 1.29 is 9.84 Å². The van der Waals surface area contributed by atoms with Gasteiger partial charge in [0.05, 0.1) is 18.8 Å². The second-order valence-electron chi connectivity index (χ2n) is 6.21. The lowest BCUT2D eigenvalue weighted by Crippen LogP contribution is -2.40. The maximum absolute atomic E-state index is 10.2. The van der Waals surface area contributed by atoms with Gasteiger partial charge in [0.25, 0.3) is 0 Å². The monoisotopic (exact) mass is 293 g/mol. The topological polar surface area (TPSA) is 32.7 Å². The number of ether oxygens (including phenoxy) is 1. The first kappa shape index (κ1) is 18.1. The Morgan fingerprint density at radius 3 is 2.29 bits per heavy atom. The van der Waals surface area contributed by atoms with E-state index in [9.17, 15) is 5.11 Å². The summed E-state index contributed by atoms with van der Waals surface area (Å²) in [5.41, 5.74) is 2.57. The summed E-state index contributed by atoms with van der Waals surface area (Å²) in [5.74, 6) is 0. The number of aryl methyl sites for hydroxylation is 1. The average Bonchev–Trinajstić information content (AvgIpc) is 2.45. The van der Waals surface area contributed by atoms with Crippen LogP contribution in [-0.4, -0.2) is 41.4 Å². The normalized spacial score (nSPS) is 14.7. The van der Waals surface area contributed by atoms with Crippen LogP contribution in [0.3, 0.4) is 0 Å². The molecule has 0 heterocycles. The molecule has 120 valence electrons. The minimum atomic E-state index is -0.438. The summed E-state index contributed by atoms with van der Waals surface area (Å²) in [6.45, 7) is 12.4. The largest absolute Gasteiger partial charge is 0.389 e. The Bertz CT molecular complexity index is 389. The molecule has 3 heteroatoms. The second kappa shape index (κ2) is 9.19. The molecule has 2 atom stereocenters. The fourth-order valence-electron chi connectivity index (χ4n) is 2.21. The molecule has 0 bridgehead atoms. The molecule has 0 radical (unpaired) electrons. The van der Waals surface area contributed by atoms with Gasteiger partial charge < -0.3 is 9.84 Å². The number of benzene rings is 1. The van der Waals surface area contributed by atoms with Gasteiger partial charge in [-0.1, -0.05) is 36.8 Å². The van der Waals surface area contributed by atoms with E-state index in [0.717, 1.165) is 13.0 Å². The Labute approximate surface area is 129 Å². The van der Waals surface area contributed by atoms with Crippen LogP contribution in [0.4, 0.5) is 0 Å². The van der Waals surface area contributed by atoms with E-state index in [2.05, 4.69) is 49.9 Å². The number of aliphatic hydroxyl groups is 1. The summed E-state index contributed by atoms with van der Waals surface area (Å²) < 4.78 is 5.51. The number of aliphatic hydroxyl groups excluding tert-OH is 1. The molecule has 0 aliphatic heterocycles. The predicted octanol–water partition coefficient (Wildman–Crippen LogP) is 3.38. The summed E-state index contributed by atoms with van der Waals surface area (Å²) in [4.78, 5) is 2.33. The Morgan fingerprint density at radius 2 is 1.76 bits per heavy atom. The van der Waals surface area contributed by atoms with Crippen LogP contribution in [0.1, 0.15) is 45.2 Å². The van der Waals surface area contributed by atoms with Gasteiger partial charge >= 0.3 is 0 Å². The first-order valence-electron chi connectivity index (χ1n) is 8.01. The zero-order valence-electron chi connectivity index (χ0n) is 14.2. The highest BCUT2D eigenvalue weighted by Gasteiger charge is 2.17. The molecule has 0 aromatic heterocycles. The minimum absolute atomic E-state index is 0.161. The van der Waals surface area contributed by atoms with Crippen molar-refractivity contribution >= 4 is 0 Å².